The number of nitrogens with one attached hydrogen (secondary N) is 1. The van der Waals surface area contributed by atoms with Gasteiger partial charge in [0.15, 0.2) is 0 Å². The maximum Gasteiger partial charge on any atom is 0.271 e. The van der Waals surface area contributed by atoms with E-state index in [2.05, 4.69) is 10.5 Å². The molecule has 2 aromatic rings. The first-order valence-corrected chi connectivity index (χ1v) is 7.20. The van der Waals surface area contributed by atoms with E-state index in [4.69, 9.17) is 4.74 Å². The van der Waals surface area contributed by atoms with Crippen LogP contribution in [0.3, 0.4) is 0 Å². The van der Waals surface area contributed by atoms with Crippen LogP contribution in [-0.2, 0) is 0 Å². The van der Waals surface area contributed by atoms with Gasteiger partial charge in [-0.25, -0.2) is 5.43 Å². The van der Waals surface area contributed by atoms with Gasteiger partial charge in [-0.15, -0.1) is 11.3 Å². The summed E-state index contributed by atoms with van der Waals surface area (Å²) in [6, 6.07) is 10.9. The van der Waals surface area contributed by atoms with E-state index in [0.29, 0.717) is 12.2 Å². The molecule has 1 aromatic carbocycles. The highest BCUT2D eigenvalue weighted by molar-refractivity contribution is 7.12. The van der Waals surface area contributed by atoms with E-state index in [9.17, 15) is 4.79 Å². The van der Waals surface area contributed by atoms with Gasteiger partial charge in [0.2, 0.25) is 0 Å². The van der Waals surface area contributed by atoms with E-state index in [1.807, 2.05) is 31.4 Å². The summed E-state index contributed by atoms with van der Waals surface area (Å²) in [5.41, 5.74) is 3.90. The van der Waals surface area contributed by atoms with Crippen molar-refractivity contribution in [2.45, 2.75) is 13.8 Å². The number of nitrogens with zero attached hydrogens (tertiary/aromatic N) is 1. The van der Waals surface area contributed by atoms with Crippen LogP contribution in [0.1, 0.15) is 29.1 Å². The lowest BCUT2D eigenvalue weighted by Gasteiger charge is -2.04. The van der Waals surface area contributed by atoms with Gasteiger partial charge in [-0.1, -0.05) is 6.07 Å². The first-order valence-electron chi connectivity index (χ1n) is 6.32. The molecule has 104 valence electrons. The van der Waals surface area contributed by atoms with Crippen LogP contribution in [0.25, 0.3) is 0 Å². The maximum absolute atomic E-state index is 11.9. The highest BCUT2D eigenvalue weighted by Gasteiger charge is 2.05. The Hall–Kier alpha value is -2.14. The van der Waals surface area contributed by atoms with Crippen LogP contribution in [0.4, 0.5) is 0 Å². The van der Waals surface area contributed by atoms with Gasteiger partial charge in [0.25, 0.3) is 5.91 Å². The van der Waals surface area contributed by atoms with Gasteiger partial charge in [0.1, 0.15) is 5.75 Å². The Labute approximate surface area is 122 Å². The Balaban J connectivity index is 1.99. The van der Waals surface area contributed by atoms with Crippen molar-refractivity contribution >= 4 is 23.0 Å². The number of benzene rings is 1. The van der Waals surface area contributed by atoms with E-state index in [1.165, 1.54) is 0 Å². The number of hydrogen-bond acceptors (Lipinski definition) is 4. The number of amides is 1. The molecule has 0 saturated carbocycles. The van der Waals surface area contributed by atoms with Crippen LogP contribution in [0, 0.1) is 0 Å². The minimum atomic E-state index is -0.232. The Bertz CT molecular complexity index is 589. The lowest BCUT2D eigenvalue weighted by Crippen LogP contribution is -2.19. The molecule has 0 aliphatic heterocycles. The number of carbonyl (C=O) groups is 1. The standard InChI is InChI=1S/C15H16N2O2S/c1-3-19-13-8-6-12(7-9-13)15(18)17-16-11(2)14-5-4-10-20-14/h4-10H,3H2,1-2H3,(H,17,18)/b16-11+. The summed E-state index contributed by atoms with van der Waals surface area (Å²) >= 11 is 1.59. The summed E-state index contributed by atoms with van der Waals surface area (Å²) in [5.74, 6) is 0.520. The highest BCUT2D eigenvalue weighted by atomic mass is 32.1. The third-order valence-corrected chi connectivity index (χ3v) is 3.61. The molecule has 0 aliphatic carbocycles. The van der Waals surface area contributed by atoms with Gasteiger partial charge < -0.3 is 4.74 Å². The third kappa shape index (κ3) is 3.68. The van der Waals surface area contributed by atoms with E-state index >= 15 is 0 Å². The maximum atomic E-state index is 11.9. The first kappa shape index (κ1) is 14.3. The zero-order chi connectivity index (χ0) is 14.4. The molecular formula is C15H16N2O2S. The van der Waals surface area contributed by atoms with Crippen LogP contribution < -0.4 is 10.2 Å². The molecule has 0 bridgehead atoms. The quantitative estimate of drug-likeness (QED) is 0.678. The summed E-state index contributed by atoms with van der Waals surface area (Å²) in [5, 5.41) is 6.07. The number of thiophene rings is 1. The van der Waals surface area contributed by atoms with Crippen molar-refractivity contribution in [3.63, 3.8) is 0 Å². The fraction of sp³-hybridized carbons (Fsp3) is 0.200. The van der Waals surface area contributed by atoms with Gasteiger partial charge in [-0.05, 0) is 49.6 Å². The van der Waals surface area contributed by atoms with Gasteiger partial charge in [0.05, 0.1) is 12.3 Å². The van der Waals surface area contributed by atoms with Crippen molar-refractivity contribution in [3.8, 4) is 5.75 Å². The summed E-state index contributed by atoms with van der Waals surface area (Å²) in [4.78, 5) is 13.0. The van der Waals surface area contributed by atoms with Crippen LogP contribution in [-0.4, -0.2) is 18.2 Å². The van der Waals surface area contributed by atoms with Crippen molar-refractivity contribution in [2.75, 3.05) is 6.61 Å². The predicted molar refractivity (Wildman–Crippen MR) is 81.6 cm³/mol. The minimum absolute atomic E-state index is 0.232. The van der Waals surface area contributed by atoms with Gasteiger partial charge in [-0.3, -0.25) is 4.79 Å². The average molecular weight is 288 g/mol. The number of rotatable bonds is 5. The van der Waals surface area contributed by atoms with E-state index in [-0.39, 0.29) is 5.91 Å². The molecule has 2 rings (SSSR count). The summed E-state index contributed by atoms with van der Waals surface area (Å²) in [6.45, 7) is 4.39. The van der Waals surface area contributed by atoms with Crippen LogP contribution in [0.15, 0.2) is 46.9 Å². The van der Waals surface area contributed by atoms with Gasteiger partial charge in [-0.2, -0.15) is 5.10 Å². The molecule has 1 amide bonds. The van der Waals surface area contributed by atoms with Crippen molar-refractivity contribution in [1.29, 1.82) is 0 Å². The second-order valence-corrected chi connectivity index (χ2v) is 5.02. The lowest BCUT2D eigenvalue weighted by atomic mass is 10.2. The highest BCUT2D eigenvalue weighted by Crippen LogP contribution is 2.12. The largest absolute Gasteiger partial charge is 0.494 e. The second kappa shape index (κ2) is 6.86. The monoisotopic (exact) mass is 288 g/mol. The Morgan fingerprint density at radius 2 is 2.05 bits per heavy atom. The molecule has 1 N–H and O–H groups in total. The molecule has 0 aliphatic rings. The molecule has 0 unspecified atom stereocenters. The average Bonchev–Trinajstić information content (AvgIpc) is 3.00. The molecular weight excluding hydrogens is 272 g/mol. The summed E-state index contributed by atoms with van der Waals surface area (Å²) in [7, 11) is 0. The molecule has 0 fully saturated rings. The van der Waals surface area contributed by atoms with E-state index in [1.54, 1.807) is 35.6 Å². The second-order valence-electron chi connectivity index (χ2n) is 4.07. The first-order chi connectivity index (χ1) is 9.70. The summed E-state index contributed by atoms with van der Waals surface area (Å²) < 4.78 is 5.33. The molecule has 1 heterocycles. The van der Waals surface area contributed by atoms with Crippen molar-refractivity contribution in [3.05, 3.63) is 52.2 Å². The number of hydrazone groups is 1. The Morgan fingerprint density at radius 3 is 2.65 bits per heavy atom. The van der Waals surface area contributed by atoms with Crippen LogP contribution in [0.2, 0.25) is 0 Å². The molecule has 0 spiro atoms. The lowest BCUT2D eigenvalue weighted by molar-refractivity contribution is 0.0955. The molecule has 0 radical (unpaired) electrons. The normalized spacial score (nSPS) is 11.2. The fourth-order valence-electron chi connectivity index (χ4n) is 1.61. The molecule has 20 heavy (non-hydrogen) atoms. The zero-order valence-corrected chi connectivity index (χ0v) is 12.2. The number of ether oxygens (including phenoxy) is 1. The molecule has 5 heteroatoms. The predicted octanol–water partition coefficient (Wildman–Crippen LogP) is 3.30. The fourth-order valence-corrected chi connectivity index (χ4v) is 2.28. The topological polar surface area (TPSA) is 50.7 Å². The smallest absolute Gasteiger partial charge is 0.271 e. The number of hydrogen-bond donors (Lipinski definition) is 1. The minimum Gasteiger partial charge on any atom is -0.494 e. The molecule has 0 atom stereocenters. The Morgan fingerprint density at radius 1 is 1.30 bits per heavy atom. The van der Waals surface area contributed by atoms with Crippen LogP contribution in [0.5, 0.6) is 5.75 Å². The van der Waals surface area contributed by atoms with Crippen molar-refractivity contribution in [1.82, 2.24) is 5.43 Å². The van der Waals surface area contributed by atoms with E-state index in [0.717, 1.165) is 16.3 Å². The summed E-state index contributed by atoms with van der Waals surface area (Å²) in [6.07, 6.45) is 0. The Kier molecular flexibility index (Phi) is 4.90. The van der Waals surface area contributed by atoms with Gasteiger partial charge in [0, 0.05) is 10.4 Å². The molecule has 1 aromatic heterocycles. The number of carbonyl (C=O) groups excluding carboxylic acids is 1. The van der Waals surface area contributed by atoms with Gasteiger partial charge >= 0.3 is 0 Å². The SMILES string of the molecule is CCOc1ccc(C(=O)N/N=C(\C)c2cccs2)cc1. The van der Waals surface area contributed by atoms with E-state index < -0.39 is 0 Å². The van der Waals surface area contributed by atoms with Crippen molar-refractivity contribution < 1.29 is 9.53 Å². The third-order valence-electron chi connectivity index (χ3n) is 2.63. The molecule has 0 saturated heterocycles. The van der Waals surface area contributed by atoms with Crippen molar-refractivity contribution in [2.24, 2.45) is 5.10 Å². The van der Waals surface area contributed by atoms with Crippen LogP contribution >= 0.6 is 11.3 Å². The molecule has 4 nitrogen and oxygen atoms in total. The zero-order valence-electron chi connectivity index (χ0n) is 11.4.